The Bertz CT molecular complexity index is 1040. The Morgan fingerprint density at radius 1 is 1.07 bits per heavy atom. The number of hydrogen-bond acceptors (Lipinski definition) is 3. The molecule has 152 valence electrons. The fourth-order valence-corrected chi connectivity index (χ4v) is 5.73. The molecule has 1 aliphatic heterocycles. The molecule has 0 N–H and O–H groups in total. The molecule has 0 radical (unpaired) electrons. The lowest BCUT2D eigenvalue weighted by Gasteiger charge is -2.38. The largest absolute Gasteiger partial charge is 0.336 e. The summed E-state index contributed by atoms with van der Waals surface area (Å²) in [5, 5.41) is 5.14. The number of pyridine rings is 1. The van der Waals surface area contributed by atoms with E-state index >= 15 is 0 Å². The van der Waals surface area contributed by atoms with Gasteiger partial charge in [-0.15, -0.1) is 0 Å². The van der Waals surface area contributed by atoms with Crippen LogP contribution in [0.5, 0.6) is 0 Å². The number of amides is 2. The molecule has 0 bridgehead atoms. The SMILES string of the molecule is O=C(c1nn2c(Cl)cc(C3CC3)cc2c1Cl)N1CCN(C2CC3CC3C2)C(=O)C1. The average molecular weight is 433 g/mol. The number of aromatic nitrogens is 2. The third-order valence-electron chi connectivity index (χ3n) is 7.11. The number of fused-ring (bicyclic) bond motifs is 2. The summed E-state index contributed by atoms with van der Waals surface area (Å²) in [7, 11) is 0. The second-order valence-electron chi connectivity index (χ2n) is 9.04. The number of carbonyl (C=O) groups excluding carboxylic acids is 2. The molecule has 2 aromatic rings. The first-order chi connectivity index (χ1) is 14.0. The molecule has 6 rings (SSSR count). The number of halogens is 2. The van der Waals surface area contributed by atoms with Gasteiger partial charge in [-0.25, -0.2) is 4.52 Å². The topological polar surface area (TPSA) is 57.9 Å². The number of nitrogens with zero attached hydrogens (tertiary/aromatic N) is 4. The van der Waals surface area contributed by atoms with Gasteiger partial charge in [-0.1, -0.05) is 23.2 Å². The van der Waals surface area contributed by atoms with Gasteiger partial charge in [0.2, 0.25) is 5.91 Å². The van der Waals surface area contributed by atoms with Crippen LogP contribution in [0.4, 0.5) is 0 Å². The molecule has 29 heavy (non-hydrogen) atoms. The quantitative estimate of drug-likeness (QED) is 0.696. The summed E-state index contributed by atoms with van der Waals surface area (Å²) < 4.78 is 1.52. The third kappa shape index (κ3) is 2.95. The van der Waals surface area contributed by atoms with Crippen molar-refractivity contribution in [2.24, 2.45) is 11.8 Å². The first-order valence-electron chi connectivity index (χ1n) is 10.5. The normalized spacial score (nSPS) is 28.9. The van der Waals surface area contributed by atoms with E-state index in [0.717, 1.165) is 43.1 Å². The molecule has 3 aliphatic carbocycles. The van der Waals surface area contributed by atoms with Crippen LogP contribution in [0.1, 0.15) is 54.1 Å². The molecule has 2 aromatic heterocycles. The first-order valence-corrected chi connectivity index (χ1v) is 11.2. The highest BCUT2D eigenvalue weighted by Crippen LogP contribution is 2.53. The van der Waals surface area contributed by atoms with Gasteiger partial charge in [0, 0.05) is 19.1 Å². The van der Waals surface area contributed by atoms with Crippen molar-refractivity contribution in [1.29, 1.82) is 0 Å². The van der Waals surface area contributed by atoms with Crippen LogP contribution in [0.15, 0.2) is 12.1 Å². The first kappa shape index (κ1) is 18.0. The van der Waals surface area contributed by atoms with E-state index in [0.29, 0.717) is 40.7 Å². The van der Waals surface area contributed by atoms with Crippen molar-refractivity contribution < 1.29 is 9.59 Å². The van der Waals surface area contributed by atoms with Crippen molar-refractivity contribution in [1.82, 2.24) is 19.4 Å². The summed E-state index contributed by atoms with van der Waals surface area (Å²) in [6.45, 7) is 1.20. The minimum Gasteiger partial charge on any atom is -0.336 e. The van der Waals surface area contributed by atoms with Gasteiger partial charge in [-0.3, -0.25) is 9.59 Å². The third-order valence-corrected chi connectivity index (χ3v) is 7.75. The Balaban J connectivity index is 1.23. The van der Waals surface area contributed by atoms with Gasteiger partial charge >= 0.3 is 0 Å². The van der Waals surface area contributed by atoms with Crippen LogP contribution in [0.25, 0.3) is 5.52 Å². The van der Waals surface area contributed by atoms with Crippen LogP contribution in [0.2, 0.25) is 10.2 Å². The van der Waals surface area contributed by atoms with Gasteiger partial charge < -0.3 is 9.80 Å². The zero-order chi connectivity index (χ0) is 19.9. The van der Waals surface area contributed by atoms with E-state index in [9.17, 15) is 9.59 Å². The van der Waals surface area contributed by atoms with E-state index in [1.807, 2.05) is 17.0 Å². The Hall–Kier alpha value is -1.79. The monoisotopic (exact) mass is 432 g/mol. The number of carbonyl (C=O) groups is 2. The van der Waals surface area contributed by atoms with Crippen LogP contribution >= 0.6 is 23.2 Å². The molecule has 1 saturated heterocycles. The second-order valence-corrected chi connectivity index (χ2v) is 9.81. The summed E-state index contributed by atoms with van der Waals surface area (Å²) in [4.78, 5) is 29.4. The lowest BCUT2D eigenvalue weighted by molar-refractivity contribution is -0.137. The summed E-state index contributed by atoms with van der Waals surface area (Å²) in [5.74, 6) is 1.91. The Morgan fingerprint density at radius 3 is 2.52 bits per heavy atom. The van der Waals surface area contributed by atoms with E-state index in [1.165, 1.54) is 10.9 Å². The van der Waals surface area contributed by atoms with Crippen molar-refractivity contribution in [2.45, 2.75) is 44.1 Å². The minimum atomic E-state index is -0.301. The van der Waals surface area contributed by atoms with Gasteiger partial charge in [0.1, 0.15) is 11.7 Å². The number of hydrogen-bond donors (Lipinski definition) is 0. The molecule has 8 heteroatoms. The predicted octanol–water partition coefficient (Wildman–Crippen LogP) is 3.60. The van der Waals surface area contributed by atoms with Crippen molar-refractivity contribution in [3.05, 3.63) is 33.6 Å². The molecule has 4 fully saturated rings. The molecule has 2 amide bonds. The van der Waals surface area contributed by atoms with Gasteiger partial charge in [0.15, 0.2) is 5.69 Å². The maximum atomic E-state index is 13.1. The zero-order valence-corrected chi connectivity index (χ0v) is 17.5. The van der Waals surface area contributed by atoms with Crippen molar-refractivity contribution in [3.63, 3.8) is 0 Å². The van der Waals surface area contributed by atoms with Crippen molar-refractivity contribution in [2.75, 3.05) is 19.6 Å². The van der Waals surface area contributed by atoms with Gasteiger partial charge in [-0.05, 0) is 67.6 Å². The smallest absolute Gasteiger partial charge is 0.276 e. The van der Waals surface area contributed by atoms with Crippen LogP contribution < -0.4 is 0 Å². The number of rotatable bonds is 3. The molecule has 2 unspecified atom stereocenters. The summed E-state index contributed by atoms with van der Waals surface area (Å²) in [5.41, 5.74) is 1.96. The molecule has 2 atom stereocenters. The van der Waals surface area contributed by atoms with Gasteiger partial charge in [-0.2, -0.15) is 5.10 Å². The average Bonchev–Trinajstić information content (AvgIpc) is 3.62. The van der Waals surface area contributed by atoms with Crippen molar-refractivity contribution in [3.8, 4) is 0 Å². The fourth-order valence-electron chi connectivity index (χ4n) is 5.22. The Labute approximate surface area is 178 Å². The van der Waals surface area contributed by atoms with E-state index in [2.05, 4.69) is 5.10 Å². The maximum Gasteiger partial charge on any atom is 0.276 e. The van der Waals surface area contributed by atoms with Crippen LogP contribution in [-0.4, -0.2) is 56.9 Å². The number of piperazine rings is 1. The minimum absolute atomic E-state index is 0.0323. The summed E-state index contributed by atoms with van der Waals surface area (Å²) in [6, 6.07) is 4.24. The molecule has 6 nitrogen and oxygen atoms in total. The summed E-state index contributed by atoms with van der Waals surface area (Å²) in [6.07, 6.45) is 5.90. The highest BCUT2D eigenvalue weighted by atomic mass is 35.5. The molecular weight excluding hydrogens is 411 g/mol. The van der Waals surface area contributed by atoms with Crippen LogP contribution in [0, 0.1) is 11.8 Å². The second kappa shape index (κ2) is 6.35. The maximum absolute atomic E-state index is 13.1. The van der Waals surface area contributed by atoms with E-state index in [-0.39, 0.29) is 24.1 Å². The highest BCUT2D eigenvalue weighted by Gasteiger charge is 2.49. The van der Waals surface area contributed by atoms with Crippen molar-refractivity contribution >= 4 is 40.5 Å². The molecule has 3 saturated carbocycles. The van der Waals surface area contributed by atoms with Crippen LogP contribution in [0.3, 0.4) is 0 Å². The molecular formula is C21H22Cl2N4O2. The van der Waals surface area contributed by atoms with Crippen LogP contribution in [-0.2, 0) is 4.79 Å². The lowest BCUT2D eigenvalue weighted by atomic mass is 10.1. The molecule has 0 spiro atoms. The predicted molar refractivity (Wildman–Crippen MR) is 109 cm³/mol. The molecule has 4 aliphatic rings. The van der Waals surface area contributed by atoms with E-state index < -0.39 is 0 Å². The standard InChI is InChI=1S/C21H22Cl2N4O2/c22-17-9-14(11-1-2-11)8-16-19(23)20(24-27(16)17)21(29)25-3-4-26(18(28)10-25)15-6-12-5-13(12)7-15/h8-9,11-13,15H,1-7,10H2. The summed E-state index contributed by atoms with van der Waals surface area (Å²) >= 11 is 12.9. The Kier molecular flexibility index (Phi) is 3.95. The molecule has 3 heterocycles. The fraction of sp³-hybridized carbons (Fsp3) is 0.571. The van der Waals surface area contributed by atoms with E-state index in [4.69, 9.17) is 23.2 Å². The van der Waals surface area contributed by atoms with E-state index in [1.54, 1.807) is 4.90 Å². The van der Waals surface area contributed by atoms with Gasteiger partial charge in [0.25, 0.3) is 5.91 Å². The Morgan fingerprint density at radius 2 is 1.83 bits per heavy atom. The lowest BCUT2D eigenvalue weighted by Crippen LogP contribution is -2.55. The highest BCUT2D eigenvalue weighted by molar-refractivity contribution is 6.37. The molecule has 0 aromatic carbocycles. The van der Waals surface area contributed by atoms with Gasteiger partial charge in [0.05, 0.1) is 10.5 Å². The zero-order valence-electron chi connectivity index (χ0n) is 16.0.